The second-order valence-corrected chi connectivity index (χ2v) is 2.61. The monoisotopic (exact) mass is 145 g/mol. The topological polar surface area (TPSA) is 29.1 Å². The van der Waals surface area contributed by atoms with E-state index in [1.54, 1.807) is 6.92 Å². The number of rotatable bonds is 2. The number of hydrogen-bond acceptors (Lipinski definition) is 2. The molecule has 1 rings (SSSR count). The highest BCUT2D eigenvalue weighted by atomic mass is 19.1. The van der Waals surface area contributed by atoms with Crippen molar-refractivity contribution in [3.05, 3.63) is 0 Å². The van der Waals surface area contributed by atoms with Gasteiger partial charge in [-0.3, -0.25) is 4.79 Å². The minimum atomic E-state index is -0.819. The fourth-order valence-electron chi connectivity index (χ4n) is 1.18. The number of nitrogens with one attached hydrogen (secondary N) is 1. The highest BCUT2D eigenvalue weighted by Crippen LogP contribution is 2.11. The predicted molar refractivity (Wildman–Crippen MR) is 36.6 cm³/mol. The van der Waals surface area contributed by atoms with Crippen LogP contribution in [0.2, 0.25) is 0 Å². The highest BCUT2D eigenvalue weighted by Gasteiger charge is 2.27. The van der Waals surface area contributed by atoms with Crippen molar-refractivity contribution in [3.63, 3.8) is 0 Å². The first-order valence-electron chi connectivity index (χ1n) is 3.64. The van der Waals surface area contributed by atoms with Crippen molar-refractivity contribution in [2.24, 2.45) is 0 Å². The van der Waals surface area contributed by atoms with E-state index in [9.17, 15) is 9.18 Å². The number of carbonyl (C=O) groups excluding carboxylic acids is 1. The summed E-state index contributed by atoms with van der Waals surface area (Å²) in [4.78, 5) is 10.9. The van der Waals surface area contributed by atoms with Crippen LogP contribution in [0.5, 0.6) is 0 Å². The molecule has 58 valence electrons. The van der Waals surface area contributed by atoms with Crippen molar-refractivity contribution in [2.75, 3.05) is 6.54 Å². The van der Waals surface area contributed by atoms with E-state index in [2.05, 4.69) is 5.32 Å². The Balaban J connectivity index is 2.37. The third-order valence-electron chi connectivity index (χ3n) is 1.81. The minimum Gasteiger partial charge on any atom is -0.304 e. The zero-order chi connectivity index (χ0) is 7.56. The first kappa shape index (κ1) is 7.66. The molecule has 0 bridgehead atoms. The molecule has 1 saturated heterocycles. The average molecular weight is 145 g/mol. The third kappa shape index (κ3) is 1.53. The molecule has 0 aromatic rings. The molecular weight excluding hydrogens is 133 g/mol. The average Bonchev–Trinajstić information content (AvgIpc) is 2.34. The number of halogens is 1. The fraction of sp³-hybridized carbons (Fsp3) is 0.857. The van der Waals surface area contributed by atoms with Crippen LogP contribution < -0.4 is 5.32 Å². The normalized spacial score (nSPS) is 32.6. The summed E-state index contributed by atoms with van der Waals surface area (Å²) in [5, 5.41) is 2.83. The van der Waals surface area contributed by atoms with Crippen LogP contribution in [0.25, 0.3) is 0 Å². The smallest absolute Gasteiger partial charge is 0.149 e. The molecule has 1 fully saturated rings. The van der Waals surface area contributed by atoms with Crippen LogP contribution in [0.1, 0.15) is 19.8 Å². The van der Waals surface area contributed by atoms with Crippen molar-refractivity contribution >= 4 is 5.78 Å². The summed E-state index contributed by atoms with van der Waals surface area (Å²) in [5.74, 6) is 0.125. The van der Waals surface area contributed by atoms with E-state index in [4.69, 9.17) is 0 Å². The van der Waals surface area contributed by atoms with Crippen LogP contribution in [0.4, 0.5) is 4.39 Å². The SMILES string of the molecule is CCC(=O)[C@@H]1C[C@H](F)CN1. The first-order chi connectivity index (χ1) is 4.74. The minimum absolute atomic E-state index is 0.125. The largest absolute Gasteiger partial charge is 0.304 e. The number of Topliss-reactive ketones (excluding diaryl/α,β-unsaturated/α-hetero) is 1. The molecule has 1 aliphatic rings. The molecule has 2 nitrogen and oxygen atoms in total. The Hall–Kier alpha value is -0.440. The standard InChI is InChI=1S/C7H12FNO/c1-2-7(10)6-3-5(8)4-9-6/h5-6,9H,2-4H2,1H3/t5-,6-/m0/s1. The molecule has 0 aliphatic carbocycles. The Bertz CT molecular complexity index is 138. The van der Waals surface area contributed by atoms with E-state index in [1.807, 2.05) is 0 Å². The van der Waals surface area contributed by atoms with Crippen LogP contribution in [0, 0.1) is 0 Å². The van der Waals surface area contributed by atoms with E-state index < -0.39 is 6.17 Å². The molecule has 1 heterocycles. The summed E-state index contributed by atoms with van der Waals surface area (Å²) >= 11 is 0. The Kier molecular flexibility index (Phi) is 2.38. The van der Waals surface area contributed by atoms with Gasteiger partial charge in [-0.2, -0.15) is 0 Å². The van der Waals surface area contributed by atoms with Gasteiger partial charge in [0.1, 0.15) is 12.0 Å². The fourth-order valence-corrected chi connectivity index (χ4v) is 1.18. The van der Waals surface area contributed by atoms with E-state index in [0.29, 0.717) is 19.4 Å². The Morgan fingerprint density at radius 3 is 2.90 bits per heavy atom. The zero-order valence-corrected chi connectivity index (χ0v) is 6.06. The summed E-state index contributed by atoms with van der Waals surface area (Å²) in [6, 6.07) is -0.208. The maximum Gasteiger partial charge on any atom is 0.149 e. The Morgan fingerprint density at radius 1 is 1.80 bits per heavy atom. The lowest BCUT2D eigenvalue weighted by Gasteiger charge is -2.04. The van der Waals surface area contributed by atoms with E-state index in [1.165, 1.54) is 0 Å². The molecule has 0 radical (unpaired) electrons. The number of hydrogen-bond donors (Lipinski definition) is 1. The van der Waals surface area contributed by atoms with E-state index >= 15 is 0 Å². The van der Waals surface area contributed by atoms with E-state index in [-0.39, 0.29) is 11.8 Å². The molecule has 0 aromatic heterocycles. The van der Waals surface area contributed by atoms with Gasteiger partial charge in [-0.15, -0.1) is 0 Å². The molecule has 1 aliphatic heterocycles. The molecule has 2 atom stereocenters. The van der Waals surface area contributed by atoms with Gasteiger partial charge in [-0.05, 0) is 0 Å². The molecule has 1 N–H and O–H groups in total. The van der Waals surface area contributed by atoms with Gasteiger partial charge in [0.05, 0.1) is 6.04 Å². The number of ketones is 1. The lowest BCUT2D eigenvalue weighted by molar-refractivity contribution is -0.120. The Morgan fingerprint density at radius 2 is 2.50 bits per heavy atom. The van der Waals surface area contributed by atoms with Crippen LogP contribution in [0.3, 0.4) is 0 Å². The van der Waals surface area contributed by atoms with Crippen LogP contribution in [0.15, 0.2) is 0 Å². The Labute approximate surface area is 59.8 Å². The van der Waals surface area contributed by atoms with Crippen molar-refractivity contribution in [3.8, 4) is 0 Å². The van der Waals surface area contributed by atoms with E-state index in [0.717, 1.165) is 0 Å². The number of carbonyl (C=O) groups is 1. The van der Waals surface area contributed by atoms with Gasteiger partial charge in [0.15, 0.2) is 0 Å². The molecule has 0 unspecified atom stereocenters. The predicted octanol–water partition coefficient (Wildman–Crippen LogP) is 0.665. The maximum absolute atomic E-state index is 12.5. The summed E-state index contributed by atoms with van der Waals surface area (Å²) in [6.45, 7) is 2.14. The van der Waals surface area contributed by atoms with Crippen LogP contribution in [-0.2, 0) is 4.79 Å². The second-order valence-electron chi connectivity index (χ2n) is 2.61. The lowest BCUT2D eigenvalue weighted by Crippen LogP contribution is -2.29. The van der Waals surface area contributed by atoms with Crippen LogP contribution >= 0.6 is 0 Å². The molecule has 0 aromatic carbocycles. The van der Waals surface area contributed by atoms with Crippen molar-refractivity contribution in [2.45, 2.75) is 32.0 Å². The van der Waals surface area contributed by atoms with Gasteiger partial charge < -0.3 is 5.32 Å². The maximum atomic E-state index is 12.5. The second kappa shape index (κ2) is 3.10. The van der Waals surface area contributed by atoms with Gasteiger partial charge in [-0.1, -0.05) is 6.92 Å². The molecule has 3 heteroatoms. The van der Waals surface area contributed by atoms with Crippen LogP contribution in [-0.4, -0.2) is 24.5 Å². The highest BCUT2D eigenvalue weighted by molar-refractivity contribution is 5.84. The first-order valence-corrected chi connectivity index (χ1v) is 3.64. The summed E-state index contributed by atoms with van der Waals surface area (Å²) < 4.78 is 12.5. The van der Waals surface area contributed by atoms with Gasteiger partial charge >= 0.3 is 0 Å². The van der Waals surface area contributed by atoms with Gasteiger partial charge in [0.2, 0.25) is 0 Å². The molecule has 0 spiro atoms. The van der Waals surface area contributed by atoms with Crippen molar-refractivity contribution < 1.29 is 9.18 Å². The van der Waals surface area contributed by atoms with Crippen molar-refractivity contribution in [1.29, 1.82) is 0 Å². The molecular formula is C7H12FNO. The number of alkyl halides is 1. The van der Waals surface area contributed by atoms with Gasteiger partial charge in [-0.25, -0.2) is 4.39 Å². The summed E-state index contributed by atoms with van der Waals surface area (Å²) in [7, 11) is 0. The zero-order valence-electron chi connectivity index (χ0n) is 6.06. The van der Waals surface area contributed by atoms with Crippen molar-refractivity contribution in [1.82, 2.24) is 5.32 Å². The molecule has 0 amide bonds. The molecule has 0 saturated carbocycles. The quantitative estimate of drug-likeness (QED) is 0.618. The molecule has 10 heavy (non-hydrogen) atoms. The third-order valence-corrected chi connectivity index (χ3v) is 1.81. The summed E-state index contributed by atoms with van der Waals surface area (Å²) in [6.07, 6.45) is 0.0531. The van der Waals surface area contributed by atoms with Gasteiger partial charge in [0.25, 0.3) is 0 Å². The summed E-state index contributed by atoms with van der Waals surface area (Å²) in [5.41, 5.74) is 0. The van der Waals surface area contributed by atoms with Gasteiger partial charge in [0, 0.05) is 19.4 Å². The lowest BCUT2D eigenvalue weighted by atomic mass is 10.1.